The summed E-state index contributed by atoms with van der Waals surface area (Å²) in [7, 11) is 0. The highest BCUT2D eigenvalue weighted by Crippen LogP contribution is 2.25. The molecule has 0 aliphatic rings. The molecule has 24 heavy (non-hydrogen) atoms. The summed E-state index contributed by atoms with van der Waals surface area (Å²) in [4.78, 5) is 23.7. The number of benzene rings is 2. The van der Waals surface area contributed by atoms with Gasteiger partial charge in [-0.1, -0.05) is 40.9 Å². The van der Waals surface area contributed by atoms with Crippen molar-refractivity contribution < 1.29 is 14.0 Å². The maximum Gasteiger partial charge on any atom is 0.243 e. The first kappa shape index (κ1) is 18.5. The first-order valence-electron chi connectivity index (χ1n) is 6.81. The van der Waals surface area contributed by atoms with Crippen LogP contribution in [0.5, 0.6) is 0 Å². The monoisotopic (exact) mass is 388 g/mol. The van der Waals surface area contributed by atoms with Gasteiger partial charge < -0.3 is 10.6 Å². The molecule has 2 amide bonds. The van der Waals surface area contributed by atoms with E-state index in [1.165, 1.54) is 30.3 Å². The fourth-order valence-corrected chi connectivity index (χ4v) is 2.46. The van der Waals surface area contributed by atoms with Crippen LogP contribution < -0.4 is 10.6 Å². The van der Waals surface area contributed by atoms with Gasteiger partial charge in [0.15, 0.2) is 0 Å². The molecule has 2 aromatic rings. The molecule has 0 spiro atoms. The topological polar surface area (TPSA) is 58.2 Å². The van der Waals surface area contributed by atoms with E-state index in [2.05, 4.69) is 10.6 Å². The number of halogens is 4. The van der Waals surface area contributed by atoms with Gasteiger partial charge in [-0.3, -0.25) is 9.59 Å². The lowest BCUT2D eigenvalue weighted by atomic mass is 10.1. The van der Waals surface area contributed by atoms with Gasteiger partial charge in [-0.05, 0) is 30.3 Å². The molecule has 0 radical (unpaired) electrons. The molecular weight excluding hydrogens is 378 g/mol. The van der Waals surface area contributed by atoms with E-state index in [9.17, 15) is 14.0 Å². The van der Waals surface area contributed by atoms with Crippen LogP contribution in [0.1, 0.15) is 5.56 Å². The van der Waals surface area contributed by atoms with Crippen LogP contribution in [0.25, 0.3) is 0 Å². The Labute approximate surface area is 152 Å². The Morgan fingerprint density at radius 1 is 1.00 bits per heavy atom. The Morgan fingerprint density at radius 3 is 2.46 bits per heavy atom. The van der Waals surface area contributed by atoms with Crippen molar-refractivity contribution in [2.24, 2.45) is 0 Å². The summed E-state index contributed by atoms with van der Waals surface area (Å²) in [6, 6.07) is 8.76. The minimum absolute atomic E-state index is 0.0787. The van der Waals surface area contributed by atoms with Crippen molar-refractivity contribution in [1.29, 1.82) is 0 Å². The molecule has 0 aliphatic heterocycles. The van der Waals surface area contributed by atoms with Gasteiger partial charge in [0.2, 0.25) is 11.8 Å². The molecule has 0 fully saturated rings. The molecule has 0 atom stereocenters. The Hall–Kier alpha value is -1.82. The normalized spacial score (nSPS) is 10.3. The summed E-state index contributed by atoms with van der Waals surface area (Å²) in [6.07, 6.45) is -0.267. The van der Waals surface area contributed by atoms with Crippen LogP contribution in [-0.2, 0) is 16.0 Å². The third-order valence-corrected chi connectivity index (χ3v) is 3.97. The highest BCUT2D eigenvalue weighted by Gasteiger charge is 2.13. The first-order chi connectivity index (χ1) is 11.4. The Bertz CT molecular complexity index is 764. The lowest BCUT2D eigenvalue weighted by molar-refractivity contribution is -0.123. The number of amides is 2. The van der Waals surface area contributed by atoms with Crippen LogP contribution in [0.2, 0.25) is 15.1 Å². The van der Waals surface area contributed by atoms with Crippen LogP contribution in [-0.4, -0.2) is 18.4 Å². The molecule has 0 aliphatic carbocycles. The van der Waals surface area contributed by atoms with Crippen molar-refractivity contribution in [1.82, 2.24) is 5.32 Å². The minimum atomic E-state index is -0.576. The summed E-state index contributed by atoms with van der Waals surface area (Å²) in [5, 5.41) is 5.79. The molecule has 8 heteroatoms. The zero-order valence-corrected chi connectivity index (χ0v) is 14.5. The van der Waals surface area contributed by atoms with Gasteiger partial charge in [-0.2, -0.15) is 0 Å². The van der Waals surface area contributed by atoms with Crippen molar-refractivity contribution in [3.8, 4) is 0 Å². The molecule has 0 saturated heterocycles. The second-order valence-electron chi connectivity index (χ2n) is 4.83. The molecule has 0 aromatic heterocycles. The molecule has 0 bridgehead atoms. The van der Waals surface area contributed by atoms with Crippen LogP contribution in [0, 0.1) is 5.82 Å². The lowest BCUT2D eigenvalue weighted by Gasteiger charge is -2.09. The van der Waals surface area contributed by atoms with Gasteiger partial charge >= 0.3 is 0 Å². The highest BCUT2D eigenvalue weighted by atomic mass is 35.5. The van der Waals surface area contributed by atoms with Gasteiger partial charge in [0.25, 0.3) is 0 Å². The average Bonchev–Trinajstić information content (AvgIpc) is 2.53. The van der Waals surface area contributed by atoms with Gasteiger partial charge in [-0.15, -0.1) is 0 Å². The summed E-state index contributed by atoms with van der Waals surface area (Å²) < 4.78 is 13.6. The maximum atomic E-state index is 13.6. The fraction of sp³-hybridized carbons (Fsp3) is 0.125. The molecule has 2 aromatic carbocycles. The molecular formula is C16H12Cl3FN2O2. The molecule has 0 heterocycles. The van der Waals surface area contributed by atoms with Crippen molar-refractivity contribution >= 4 is 52.3 Å². The van der Waals surface area contributed by atoms with Crippen LogP contribution in [0.15, 0.2) is 36.4 Å². The van der Waals surface area contributed by atoms with E-state index in [0.717, 1.165) is 0 Å². The summed E-state index contributed by atoms with van der Waals surface area (Å²) in [6.45, 7) is -0.298. The number of rotatable bonds is 5. The number of hydrogen-bond acceptors (Lipinski definition) is 2. The lowest BCUT2D eigenvalue weighted by Crippen LogP contribution is -2.34. The smallest absolute Gasteiger partial charge is 0.243 e. The standard InChI is InChI=1S/C16H12Cl3FN2O2/c17-9-4-5-12(19)14(6-9)22-16(24)8-21-15(23)7-10-11(18)2-1-3-13(10)20/h1-6H,7-8H2,(H,21,23)(H,22,24). The summed E-state index contributed by atoms with van der Waals surface area (Å²) in [5.41, 5.74) is 0.413. The highest BCUT2D eigenvalue weighted by molar-refractivity contribution is 6.35. The number of anilines is 1. The Kier molecular flexibility index (Phi) is 6.43. The van der Waals surface area contributed by atoms with Gasteiger partial charge in [0.1, 0.15) is 5.82 Å². The maximum absolute atomic E-state index is 13.6. The largest absolute Gasteiger partial charge is 0.347 e. The van der Waals surface area contributed by atoms with E-state index in [1.807, 2.05) is 0 Å². The molecule has 2 N–H and O–H groups in total. The minimum Gasteiger partial charge on any atom is -0.347 e. The molecule has 4 nitrogen and oxygen atoms in total. The molecule has 126 valence electrons. The second-order valence-corrected chi connectivity index (χ2v) is 6.08. The third-order valence-electron chi connectivity index (χ3n) is 3.05. The van der Waals surface area contributed by atoms with E-state index >= 15 is 0 Å². The number of carbonyl (C=O) groups is 2. The number of hydrogen-bond donors (Lipinski definition) is 2. The average molecular weight is 390 g/mol. The van der Waals surface area contributed by atoms with Crippen LogP contribution in [0.4, 0.5) is 10.1 Å². The van der Waals surface area contributed by atoms with E-state index in [-0.39, 0.29) is 23.6 Å². The van der Waals surface area contributed by atoms with Crippen molar-refractivity contribution in [2.75, 3.05) is 11.9 Å². The first-order valence-corrected chi connectivity index (χ1v) is 7.94. The third kappa shape index (κ3) is 5.09. The van der Waals surface area contributed by atoms with E-state index in [1.54, 1.807) is 6.07 Å². The molecule has 0 unspecified atom stereocenters. The summed E-state index contributed by atoms with van der Waals surface area (Å²) >= 11 is 17.6. The van der Waals surface area contributed by atoms with Gasteiger partial charge in [-0.25, -0.2) is 4.39 Å². The van der Waals surface area contributed by atoms with E-state index in [0.29, 0.717) is 15.7 Å². The predicted molar refractivity (Wildman–Crippen MR) is 93.2 cm³/mol. The van der Waals surface area contributed by atoms with Crippen LogP contribution >= 0.6 is 34.8 Å². The van der Waals surface area contributed by atoms with Gasteiger partial charge in [0.05, 0.1) is 23.7 Å². The Balaban J connectivity index is 1.89. The number of nitrogens with one attached hydrogen (secondary N) is 2. The summed E-state index contributed by atoms with van der Waals surface area (Å²) in [5.74, 6) is -1.60. The zero-order valence-electron chi connectivity index (χ0n) is 12.2. The van der Waals surface area contributed by atoms with E-state index < -0.39 is 17.6 Å². The Morgan fingerprint density at radius 2 is 1.75 bits per heavy atom. The predicted octanol–water partition coefficient (Wildman–Crippen LogP) is 4.08. The van der Waals surface area contributed by atoms with Crippen molar-refractivity contribution in [2.45, 2.75) is 6.42 Å². The quantitative estimate of drug-likeness (QED) is 0.809. The number of carbonyl (C=O) groups excluding carboxylic acids is 2. The van der Waals surface area contributed by atoms with Crippen molar-refractivity contribution in [3.05, 3.63) is 62.8 Å². The molecule has 0 saturated carbocycles. The zero-order chi connectivity index (χ0) is 17.7. The fourth-order valence-electron chi connectivity index (χ4n) is 1.89. The van der Waals surface area contributed by atoms with Crippen LogP contribution in [0.3, 0.4) is 0 Å². The SMILES string of the molecule is O=C(Cc1c(F)cccc1Cl)NCC(=O)Nc1cc(Cl)ccc1Cl. The molecule has 2 rings (SSSR count). The van der Waals surface area contributed by atoms with E-state index in [4.69, 9.17) is 34.8 Å². The van der Waals surface area contributed by atoms with Crippen molar-refractivity contribution in [3.63, 3.8) is 0 Å². The second kappa shape index (κ2) is 8.33. The van der Waals surface area contributed by atoms with Gasteiger partial charge in [0, 0.05) is 15.6 Å².